The summed E-state index contributed by atoms with van der Waals surface area (Å²) in [6, 6.07) is 4.37. The minimum absolute atomic E-state index is 0.0638. The zero-order chi connectivity index (χ0) is 16.6. The molecule has 23 heavy (non-hydrogen) atoms. The second-order valence-corrected chi connectivity index (χ2v) is 5.74. The fourth-order valence-electron chi connectivity index (χ4n) is 2.93. The molecule has 9 heteroatoms. The minimum atomic E-state index is -4.19. The summed E-state index contributed by atoms with van der Waals surface area (Å²) in [6.45, 7) is 0.680. The summed E-state index contributed by atoms with van der Waals surface area (Å²) in [4.78, 5) is 12.0. The number of non-ortho nitro benzene ring substituents is 1. The molecule has 0 bridgehead atoms. The molecule has 1 saturated heterocycles. The molecule has 0 unspecified atom stereocenters. The Morgan fingerprint density at radius 2 is 2.17 bits per heavy atom. The van der Waals surface area contributed by atoms with Gasteiger partial charge in [0.1, 0.15) is 0 Å². The van der Waals surface area contributed by atoms with Gasteiger partial charge in [-0.15, -0.1) is 0 Å². The Balaban J connectivity index is 1.81. The number of halogens is 3. The van der Waals surface area contributed by atoms with E-state index in [1.165, 1.54) is 16.8 Å². The van der Waals surface area contributed by atoms with Crippen molar-refractivity contribution in [3.63, 3.8) is 0 Å². The number of fused-ring (bicyclic) bond motifs is 1. The average molecular weight is 328 g/mol. The van der Waals surface area contributed by atoms with Crippen molar-refractivity contribution in [1.29, 1.82) is 0 Å². The Kier molecular flexibility index (Phi) is 3.97. The topological polar surface area (TPSA) is 64.2 Å². The Morgan fingerprint density at radius 3 is 2.87 bits per heavy atom. The molecule has 0 saturated carbocycles. The molecule has 124 valence electrons. The van der Waals surface area contributed by atoms with Gasteiger partial charge in [-0.05, 0) is 25.5 Å². The summed E-state index contributed by atoms with van der Waals surface area (Å²) in [6.07, 6.45) is -2.01. The van der Waals surface area contributed by atoms with Crippen molar-refractivity contribution >= 4 is 16.6 Å². The third-order valence-corrected chi connectivity index (χ3v) is 4.14. The van der Waals surface area contributed by atoms with Crippen LogP contribution in [0, 0.1) is 16.0 Å². The maximum absolute atomic E-state index is 12.9. The highest BCUT2D eigenvalue weighted by Crippen LogP contribution is 2.33. The Morgan fingerprint density at radius 1 is 1.39 bits per heavy atom. The van der Waals surface area contributed by atoms with Gasteiger partial charge in [0.25, 0.3) is 5.69 Å². The first-order chi connectivity index (χ1) is 10.8. The molecule has 1 atom stereocenters. The van der Waals surface area contributed by atoms with Crippen LogP contribution in [-0.4, -0.2) is 38.9 Å². The van der Waals surface area contributed by atoms with Gasteiger partial charge in [-0.1, -0.05) is 0 Å². The van der Waals surface area contributed by atoms with E-state index in [2.05, 4.69) is 5.10 Å². The van der Waals surface area contributed by atoms with Crippen LogP contribution in [0.2, 0.25) is 0 Å². The number of hydrogen-bond donors (Lipinski definition) is 0. The van der Waals surface area contributed by atoms with E-state index >= 15 is 0 Å². The number of piperidine rings is 1. The monoisotopic (exact) mass is 328 g/mol. The second-order valence-electron chi connectivity index (χ2n) is 5.74. The lowest BCUT2D eigenvalue weighted by atomic mass is 9.98. The van der Waals surface area contributed by atoms with Crippen molar-refractivity contribution in [3.05, 3.63) is 34.5 Å². The summed E-state index contributed by atoms with van der Waals surface area (Å²) in [7, 11) is 0. The molecule has 1 aromatic carbocycles. The molecule has 0 radical (unpaired) electrons. The SMILES string of the molecule is O=[N+]([O-])c1ccc2cnn(CN3CCC[C@H](C(F)(F)F)C3)c2c1. The van der Waals surface area contributed by atoms with Gasteiger partial charge in [0, 0.05) is 24.1 Å². The molecule has 1 aliphatic rings. The van der Waals surface area contributed by atoms with Crippen molar-refractivity contribution in [2.45, 2.75) is 25.7 Å². The molecule has 2 heterocycles. The number of benzene rings is 1. The molecule has 0 amide bonds. The van der Waals surface area contributed by atoms with Crippen LogP contribution < -0.4 is 0 Å². The molecule has 2 aromatic rings. The lowest BCUT2D eigenvalue weighted by Gasteiger charge is -2.33. The zero-order valence-corrected chi connectivity index (χ0v) is 12.2. The smallest absolute Gasteiger partial charge is 0.284 e. The molecule has 0 N–H and O–H groups in total. The van der Waals surface area contributed by atoms with Gasteiger partial charge < -0.3 is 0 Å². The number of nitrogens with zero attached hydrogens (tertiary/aromatic N) is 4. The number of nitro benzene ring substituents is 1. The van der Waals surface area contributed by atoms with Gasteiger partial charge in [-0.2, -0.15) is 18.3 Å². The maximum atomic E-state index is 12.9. The first-order valence-electron chi connectivity index (χ1n) is 7.23. The van der Waals surface area contributed by atoms with Gasteiger partial charge >= 0.3 is 6.18 Å². The van der Waals surface area contributed by atoms with Gasteiger partial charge in [-0.25, -0.2) is 0 Å². The highest BCUT2D eigenvalue weighted by molar-refractivity contribution is 5.80. The highest BCUT2D eigenvalue weighted by atomic mass is 19.4. The number of nitro groups is 1. The van der Waals surface area contributed by atoms with Crippen LogP contribution >= 0.6 is 0 Å². The summed E-state index contributed by atoms with van der Waals surface area (Å²) < 4.78 is 40.1. The number of likely N-dealkylation sites (tertiary alicyclic amines) is 1. The van der Waals surface area contributed by atoms with Crippen LogP contribution in [0.3, 0.4) is 0 Å². The third-order valence-electron chi connectivity index (χ3n) is 4.14. The Bertz CT molecular complexity index is 728. The van der Waals surface area contributed by atoms with Gasteiger partial charge in [0.2, 0.25) is 0 Å². The summed E-state index contributed by atoms with van der Waals surface area (Å²) in [5, 5.41) is 15.7. The van der Waals surface area contributed by atoms with E-state index in [1.807, 2.05) is 0 Å². The van der Waals surface area contributed by atoms with E-state index in [9.17, 15) is 23.3 Å². The first-order valence-corrected chi connectivity index (χ1v) is 7.23. The summed E-state index contributed by atoms with van der Waals surface area (Å²) in [5.41, 5.74) is 0.486. The van der Waals surface area contributed by atoms with Crippen LogP contribution in [0.4, 0.5) is 18.9 Å². The molecule has 1 aromatic heterocycles. The highest BCUT2D eigenvalue weighted by Gasteiger charge is 2.41. The van der Waals surface area contributed by atoms with Crippen LogP contribution in [0.15, 0.2) is 24.4 Å². The molecule has 1 fully saturated rings. The van der Waals surface area contributed by atoms with Crippen LogP contribution in [0.1, 0.15) is 12.8 Å². The lowest BCUT2D eigenvalue weighted by Crippen LogP contribution is -2.42. The predicted octanol–water partition coefficient (Wildman–Crippen LogP) is 3.18. The van der Waals surface area contributed by atoms with E-state index in [1.54, 1.807) is 17.2 Å². The van der Waals surface area contributed by atoms with Crippen molar-refractivity contribution in [2.75, 3.05) is 13.1 Å². The van der Waals surface area contributed by atoms with Crippen molar-refractivity contribution < 1.29 is 18.1 Å². The van der Waals surface area contributed by atoms with Crippen molar-refractivity contribution in [3.8, 4) is 0 Å². The number of rotatable bonds is 3. The molecular weight excluding hydrogens is 313 g/mol. The van der Waals surface area contributed by atoms with Gasteiger partial charge in [0.05, 0.1) is 29.2 Å². The van der Waals surface area contributed by atoms with E-state index < -0.39 is 17.0 Å². The lowest BCUT2D eigenvalue weighted by molar-refractivity contribution is -0.384. The maximum Gasteiger partial charge on any atom is 0.393 e. The van der Waals surface area contributed by atoms with Crippen LogP contribution in [0.5, 0.6) is 0 Å². The largest absolute Gasteiger partial charge is 0.393 e. The van der Waals surface area contributed by atoms with E-state index in [4.69, 9.17) is 0 Å². The quantitative estimate of drug-likeness (QED) is 0.641. The van der Waals surface area contributed by atoms with Crippen LogP contribution in [-0.2, 0) is 6.67 Å². The van der Waals surface area contributed by atoms with E-state index in [0.717, 1.165) is 5.39 Å². The minimum Gasteiger partial charge on any atom is -0.284 e. The third kappa shape index (κ3) is 3.29. The van der Waals surface area contributed by atoms with Crippen molar-refractivity contribution in [1.82, 2.24) is 14.7 Å². The normalized spacial score (nSPS) is 20.0. The zero-order valence-electron chi connectivity index (χ0n) is 12.2. The molecule has 3 rings (SSSR count). The van der Waals surface area contributed by atoms with Gasteiger partial charge in [-0.3, -0.25) is 19.7 Å². The molecular formula is C14H15F3N4O2. The first kappa shape index (κ1) is 15.7. The Hall–Kier alpha value is -2.16. The molecule has 0 spiro atoms. The molecule has 6 nitrogen and oxygen atoms in total. The van der Waals surface area contributed by atoms with E-state index in [0.29, 0.717) is 18.5 Å². The molecule has 0 aliphatic carbocycles. The average Bonchev–Trinajstić information content (AvgIpc) is 2.89. The predicted molar refractivity (Wildman–Crippen MR) is 76.7 cm³/mol. The van der Waals surface area contributed by atoms with Gasteiger partial charge in [0.15, 0.2) is 0 Å². The number of alkyl halides is 3. The second kappa shape index (κ2) is 5.80. The van der Waals surface area contributed by atoms with Crippen molar-refractivity contribution in [2.24, 2.45) is 5.92 Å². The fourth-order valence-corrected chi connectivity index (χ4v) is 2.93. The number of aromatic nitrogens is 2. The fraction of sp³-hybridized carbons (Fsp3) is 0.500. The Labute approximate surface area is 129 Å². The van der Waals surface area contributed by atoms with Crippen LogP contribution in [0.25, 0.3) is 10.9 Å². The summed E-state index contributed by atoms with van der Waals surface area (Å²) >= 11 is 0. The van der Waals surface area contributed by atoms with E-state index in [-0.39, 0.29) is 25.3 Å². The number of hydrogen-bond acceptors (Lipinski definition) is 4. The standard InChI is InChI=1S/C14H15F3N4O2/c15-14(16,17)11-2-1-5-19(8-11)9-20-13-6-12(21(22)23)4-3-10(13)7-18-20/h3-4,6-7,11H,1-2,5,8-9H2/t11-/m0/s1. The molecule has 1 aliphatic heterocycles. The summed E-state index contributed by atoms with van der Waals surface area (Å²) in [5.74, 6) is -1.33.